The van der Waals surface area contributed by atoms with Crippen LogP contribution in [0.15, 0.2) is 54.6 Å². The largest absolute Gasteiger partial charge is 0.497 e. The van der Waals surface area contributed by atoms with Crippen LogP contribution in [0.3, 0.4) is 0 Å². The smallest absolute Gasteiger partial charge is 0.185 e. The predicted octanol–water partition coefficient (Wildman–Crippen LogP) is 4.38. The normalized spacial score (nSPS) is 10.9. The van der Waals surface area contributed by atoms with Gasteiger partial charge in [-0.2, -0.15) is 0 Å². The van der Waals surface area contributed by atoms with Gasteiger partial charge in [-0.15, -0.1) is 0 Å². The summed E-state index contributed by atoms with van der Waals surface area (Å²) in [6.45, 7) is 3.94. The van der Waals surface area contributed by atoms with Crippen LogP contribution < -0.4 is 9.47 Å². The van der Waals surface area contributed by atoms with Crippen molar-refractivity contribution < 1.29 is 14.3 Å². The molecular formula is C19H20O3. The minimum Gasteiger partial charge on any atom is -0.497 e. The van der Waals surface area contributed by atoms with Gasteiger partial charge in [-0.1, -0.05) is 18.2 Å². The monoisotopic (exact) mass is 296 g/mol. The summed E-state index contributed by atoms with van der Waals surface area (Å²) >= 11 is 0. The number of carbonyl (C=O) groups excluding carboxylic acids is 1. The number of ether oxygens (including phenoxy) is 2. The fourth-order valence-corrected chi connectivity index (χ4v) is 1.98. The van der Waals surface area contributed by atoms with E-state index in [-0.39, 0.29) is 11.9 Å². The summed E-state index contributed by atoms with van der Waals surface area (Å²) in [4.78, 5) is 12.1. The minimum atomic E-state index is -0.0427. The Morgan fingerprint density at radius 3 is 2.41 bits per heavy atom. The lowest BCUT2D eigenvalue weighted by molar-refractivity contribution is 0.104. The molecule has 0 heterocycles. The molecule has 2 aromatic carbocycles. The number of rotatable bonds is 6. The first-order valence-corrected chi connectivity index (χ1v) is 7.21. The van der Waals surface area contributed by atoms with E-state index in [1.165, 1.54) is 0 Å². The van der Waals surface area contributed by atoms with Crippen LogP contribution in [0.25, 0.3) is 6.08 Å². The fraction of sp³-hybridized carbons (Fsp3) is 0.211. The summed E-state index contributed by atoms with van der Waals surface area (Å²) in [5, 5.41) is 0. The Morgan fingerprint density at radius 2 is 1.77 bits per heavy atom. The highest BCUT2D eigenvalue weighted by atomic mass is 16.5. The summed E-state index contributed by atoms with van der Waals surface area (Å²) in [5.74, 6) is 1.49. The average molecular weight is 296 g/mol. The lowest BCUT2D eigenvalue weighted by atomic mass is 10.1. The van der Waals surface area contributed by atoms with Gasteiger partial charge in [0.25, 0.3) is 0 Å². The molecule has 0 unspecified atom stereocenters. The van der Waals surface area contributed by atoms with E-state index < -0.39 is 0 Å². The molecule has 2 aromatic rings. The number of carbonyl (C=O) groups is 1. The molecule has 22 heavy (non-hydrogen) atoms. The maximum Gasteiger partial charge on any atom is 0.185 e. The standard InChI is InChI=1S/C19H20O3/c1-14(2)22-17-10-8-16(9-11-17)19(20)12-7-15-5-4-6-18(13-15)21-3/h4-14H,1-3H3/b12-7+. The third kappa shape index (κ3) is 4.48. The Morgan fingerprint density at radius 1 is 1.05 bits per heavy atom. The summed E-state index contributed by atoms with van der Waals surface area (Å²) in [6, 6.07) is 14.7. The van der Waals surface area contributed by atoms with Crippen LogP contribution in [0.2, 0.25) is 0 Å². The second-order valence-corrected chi connectivity index (χ2v) is 5.17. The zero-order valence-corrected chi connectivity index (χ0v) is 13.1. The molecule has 0 bridgehead atoms. The molecule has 0 spiro atoms. The molecule has 0 atom stereocenters. The van der Waals surface area contributed by atoms with Crippen molar-refractivity contribution >= 4 is 11.9 Å². The van der Waals surface area contributed by atoms with Crippen molar-refractivity contribution in [2.75, 3.05) is 7.11 Å². The Labute approximate surface area is 131 Å². The molecule has 0 N–H and O–H groups in total. The number of ketones is 1. The Balaban J connectivity index is 2.06. The van der Waals surface area contributed by atoms with E-state index in [1.807, 2.05) is 50.2 Å². The first-order valence-electron chi connectivity index (χ1n) is 7.21. The van der Waals surface area contributed by atoms with E-state index in [0.717, 1.165) is 17.1 Å². The SMILES string of the molecule is COc1cccc(/C=C/C(=O)c2ccc(OC(C)C)cc2)c1. The van der Waals surface area contributed by atoms with Gasteiger partial charge in [-0.3, -0.25) is 4.79 Å². The molecular weight excluding hydrogens is 276 g/mol. The van der Waals surface area contributed by atoms with Gasteiger partial charge >= 0.3 is 0 Å². The van der Waals surface area contributed by atoms with E-state index in [4.69, 9.17) is 9.47 Å². The first-order chi connectivity index (χ1) is 10.6. The summed E-state index contributed by atoms with van der Waals surface area (Å²) < 4.78 is 10.7. The number of methoxy groups -OCH3 is 1. The van der Waals surface area contributed by atoms with Gasteiger partial charge in [0.2, 0.25) is 0 Å². The molecule has 0 saturated heterocycles. The topological polar surface area (TPSA) is 35.5 Å². The zero-order valence-electron chi connectivity index (χ0n) is 13.1. The lowest BCUT2D eigenvalue weighted by Gasteiger charge is -2.09. The summed E-state index contributed by atoms with van der Waals surface area (Å²) in [5.41, 5.74) is 1.56. The van der Waals surface area contributed by atoms with Crippen LogP contribution >= 0.6 is 0 Å². The van der Waals surface area contributed by atoms with Gasteiger partial charge < -0.3 is 9.47 Å². The third-order valence-electron chi connectivity index (χ3n) is 3.03. The quantitative estimate of drug-likeness (QED) is 0.586. The van der Waals surface area contributed by atoms with Crippen LogP contribution in [-0.4, -0.2) is 19.0 Å². The van der Waals surface area contributed by atoms with Gasteiger partial charge in [0.1, 0.15) is 11.5 Å². The van der Waals surface area contributed by atoms with Gasteiger partial charge in [0.15, 0.2) is 5.78 Å². The Bertz CT molecular complexity index is 655. The molecule has 0 saturated carbocycles. The fourth-order valence-electron chi connectivity index (χ4n) is 1.98. The minimum absolute atomic E-state index is 0.0427. The molecule has 0 aliphatic carbocycles. The van der Waals surface area contributed by atoms with Crippen molar-refractivity contribution in [3.05, 3.63) is 65.7 Å². The van der Waals surface area contributed by atoms with Gasteiger partial charge in [-0.05, 0) is 61.9 Å². The predicted molar refractivity (Wildman–Crippen MR) is 88.6 cm³/mol. The van der Waals surface area contributed by atoms with Crippen molar-refractivity contribution in [1.82, 2.24) is 0 Å². The molecule has 2 rings (SSSR count). The maximum atomic E-state index is 12.1. The molecule has 0 amide bonds. The molecule has 0 radical (unpaired) electrons. The Kier molecular flexibility index (Phi) is 5.37. The molecule has 3 nitrogen and oxygen atoms in total. The van der Waals surface area contributed by atoms with Gasteiger partial charge in [-0.25, -0.2) is 0 Å². The third-order valence-corrected chi connectivity index (χ3v) is 3.03. The Hall–Kier alpha value is -2.55. The van der Waals surface area contributed by atoms with Crippen molar-refractivity contribution in [3.8, 4) is 11.5 Å². The molecule has 0 aromatic heterocycles. The zero-order chi connectivity index (χ0) is 15.9. The first kappa shape index (κ1) is 15.8. The van der Waals surface area contributed by atoms with Crippen LogP contribution in [0, 0.1) is 0 Å². The maximum absolute atomic E-state index is 12.1. The molecule has 0 fully saturated rings. The molecule has 114 valence electrons. The second-order valence-electron chi connectivity index (χ2n) is 5.17. The highest BCUT2D eigenvalue weighted by molar-refractivity contribution is 6.06. The highest BCUT2D eigenvalue weighted by Gasteiger charge is 2.03. The molecule has 3 heteroatoms. The summed E-state index contributed by atoms with van der Waals surface area (Å²) in [6.07, 6.45) is 3.46. The number of allylic oxidation sites excluding steroid dienone is 1. The van der Waals surface area contributed by atoms with Crippen LogP contribution in [-0.2, 0) is 0 Å². The van der Waals surface area contributed by atoms with Crippen LogP contribution in [0.5, 0.6) is 11.5 Å². The van der Waals surface area contributed by atoms with E-state index in [2.05, 4.69) is 0 Å². The van der Waals surface area contributed by atoms with Crippen molar-refractivity contribution in [2.24, 2.45) is 0 Å². The van der Waals surface area contributed by atoms with Gasteiger partial charge in [0, 0.05) is 5.56 Å². The number of benzene rings is 2. The van der Waals surface area contributed by atoms with Crippen molar-refractivity contribution in [2.45, 2.75) is 20.0 Å². The van der Waals surface area contributed by atoms with E-state index in [0.29, 0.717) is 5.56 Å². The number of hydrogen-bond donors (Lipinski definition) is 0. The highest BCUT2D eigenvalue weighted by Crippen LogP contribution is 2.16. The molecule has 0 aliphatic rings. The van der Waals surface area contributed by atoms with Gasteiger partial charge in [0.05, 0.1) is 13.2 Å². The second kappa shape index (κ2) is 7.46. The van der Waals surface area contributed by atoms with E-state index in [1.54, 1.807) is 31.4 Å². The number of hydrogen-bond acceptors (Lipinski definition) is 3. The molecule has 0 aliphatic heterocycles. The van der Waals surface area contributed by atoms with Crippen molar-refractivity contribution in [1.29, 1.82) is 0 Å². The van der Waals surface area contributed by atoms with Crippen molar-refractivity contribution in [3.63, 3.8) is 0 Å². The van der Waals surface area contributed by atoms with E-state index >= 15 is 0 Å². The van der Waals surface area contributed by atoms with Crippen LogP contribution in [0.4, 0.5) is 0 Å². The average Bonchev–Trinajstić information content (AvgIpc) is 2.53. The van der Waals surface area contributed by atoms with E-state index in [9.17, 15) is 4.79 Å². The summed E-state index contributed by atoms with van der Waals surface area (Å²) in [7, 11) is 1.62. The van der Waals surface area contributed by atoms with Crippen LogP contribution in [0.1, 0.15) is 29.8 Å². The lowest BCUT2D eigenvalue weighted by Crippen LogP contribution is -2.05.